The van der Waals surface area contributed by atoms with Crippen LogP contribution in [-0.4, -0.2) is 5.91 Å². The maximum Gasteiger partial charge on any atom is 0.268 e. The number of aryl methyl sites for hydroxylation is 1. The molecule has 1 aromatic carbocycles. The molecule has 0 atom stereocenters. The fourth-order valence-corrected chi connectivity index (χ4v) is 2.38. The Kier molecular flexibility index (Phi) is 4.24. The SMILES string of the molecule is Cc1oc(CSc2ccc(F)cc2)cc1C(=O)NN. The quantitative estimate of drug-likeness (QED) is 0.391. The Hall–Kier alpha value is -1.79. The van der Waals surface area contributed by atoms with Gasteiger partial charge in [0, 0.05) is 4.90 Å². The molecule has 0 saturated carbocycles. The number of halogens is 1. The van der Waals surface area contributed by atoms with E-state index in [4.69, 9.17) is 10.3 Å². The topological polar surface area (TPSA) is 68.3 Å². The summed E-state index contributed by atoms with van der Waals surface area (Å²) in [5.41, 5.74) is 2.50. The van der Waals surface area contributed by atoms with Crippen LogP contribution in [0.2, 0.25) is 0 Å². The van der Waals surface area contributed by atoms with E-state index in [1.165, 1.54) is 23.9 Å². The molecule has 19 heavy (non-hydrogen) atoms. The van der Waals surface area contributed by atoms with E-state index in [-0.39, 0.29) is 11.7 Å². The van der Waals surface area contributed by atoms with E-state index >= 15 is 0 Å². The van der Waals surface area contributed by atoms with Gasteiger partial charge in [-0.2, -0.15) is 0 Å². The number of nitrogen functional groups attached to an aromatic ring is 1. The van der Waals surface area contributed by atoms with Gasteiger partial charge >= 0.3 is 0 Å². The van der Waals surface area contributed by atoms with Crippen LogP contribution in [0.5, 0.6) is 0 Å². The van der Waals surface area contributed by atoms with Gasteiger partial charge in [-0.3, -0.25) is 10.2 Å². The summed E-state index contributed by atoms with van der Waals surface area (Å²) in [5.74, 6) is 6.20. The van der Waals surface area contributed by atoms with Crippen molar-refractivity contribution in [1.29, 1.82) is 0 Å². The molecule has 1 amide bonds. The Morgan fingerprint density at radius 3 is 2.74 bits per heavy atom. The van der Waals surface area contributed by atoms with E-state index in [0.717, 1.165) is 4.90 Å². The number of furan rings is 1. The minimum atomic E-state index is -0.376. The van der Waals surface area contributed by atoms with Crippen LogP contribution in [0, 0.1) is 12.7 Å². The second kappa shape index (κ2) is 5.90. The van der Waals surface area contributed by atoms with Crippen molar-refractivity contribution in [1.82, 2.24) is 5.43 Å². The van der Waals surface area contributed by atoms with Crippen molar-refractivity contribution in [2.45, 2.75) is 17.6 Å². The monoisotopic (exact) mass is 280 g/mol. The number of carbonyl (C=O) groups excluding carboxylic acids is 1. The summed E-state index contributed by atoms with van der Waals surface area (Å²) in [6.07, 6.45) is 0. The summed E-state index contributed by atoms with van der Waals surface area (Å²) in [4.78, 5) is 12.3. The second-order valence-corrected chi connectivity index (χ2v) is 4.95. The Labute approximate surface area is 114 Å². The first kappa shape index (κ1) is 13.6. The average molecular weight is 280 g/mol. The lowest BCUT2D eigenvalue weighted by Crippen LogP contribution is -2.30. The van der Waals surface area contributed by atoms with Gasteiger partial charge in [0.25, 0.3) is 5.91 Å². The molecule has 3 N–H and O–H groups in total. The second-order valence-electron chi connectivity index (χ2n) is 3.90. The van der Waals surface area contributed by atoms with Crippen LogP contribution in [0.25, 0.3) is 0 Å². The standard InChI is InChI=1S/C13H13FN2O2S/c1-8-12(13(17)16-15)6-10(18-8)7-19-11-4-2-9(14)3-5-11/h2-6H,7,15H2,1H3,(H,16,17). The zero-order valence-corrected chi connectivity index (χ0v) is 11.1. The van der Waals surface area contributed by atoms with Gasteiger partial charge in [0.1, 0.15) is 17.3 Å². The third kappa shape index (κ3) is 3.36. The predicted octanol–water partition coefficient (Wildman–Crippen LogP) is 2.62. The smallest absolute Gasteiger partial charge is 0.268 e. The van der Waals surface area contributed by atoms with Crippen molar-refractivity contribution in [3.05, 3.63) is 53.2 Å². The summed E-state index contributed by atoms with van der Waals surface area (Å²) in [6, 6.07) is 7.87. The minimum absolute atomic E-state index is 0.264. The van der Waals surface area contributed by atoms with Crippen LogP contribution in [0.4, 0.5) is 4.39 Å². The molecular weight excluding hydrogens is 267 g/mol. The molecule has 1 aromatic heterocycles. The van der Waals surface area contributed by atoms with E-state index in [1.807, 2.05) is 0 Å². The van der Waals surface area contributed by atoms with Crippen molar-refractivity contribution in [3.63, 3.8) is 0 Å². The van der Waals surface area contributed by atoms with Gasteiger partial charge in [0.2, 0.25) is 0 Å². The highest BCUT2D eigenvalue weighted by molar-refractivity contribution is 7.98. The van der Waals surface area contributed by atoms with Crippen molar-refractivity contribution in [2.75, 3.05) is 0 Å². The van der Waals surface area contributed by atoms with Gasteiger partial charge in [-0.25, -0.2) is 10.2 Å². The maximum atomic E-state index is 12.7. The summed E-state index contributed by atoms with van der Waals surface area (Å²) in [5, 5.41) is 0. The van der Waals surface area contributed by atoms with Crippen LogP contribution < -0.4 is 11.3 Å². The van der Waals surface area contributed by atoms with Crippen LogP contribution in [0.3, 0.4) is 0 Å². The van der Waals surface area contributed by atoms with Crippen molar-refractivity contribution >= 4 is 17.7 Å². The normalized spacial score (nSPS) is 10.5. The molecule has 1 heterocycles. The molecule has 0 fully saturated rings. The Balaban J connectivity index is 2.04. The largest absolute Gasteiger partial charge is 0.465 e. The van der Waals surface area contributed by atoms with Crippen molar-refractivity contribution in [3.8, 4) is 0 Å². The van der Waals surface area contributed by atoms with E-state index < -0.39 is 0 Å². The molecular formula is C13H13FN2O2S. The number of benzene rings is 1. The number of nitrogens with two attached hydrogens (primary N) is 1. The molecule has 0 aliphatic rings. The first-order chi connectivity index (χ1) is 9.10. The zero-order chi connectivity index (χ0) is 13.8. The van der Waals surface area contributed by atoms with Crippen LogP contribution in [0.1, 0.15) is 21.9 Å². The van der Waals surface area contributed by atoms with Crippen LogP contribution in [0.15, 0.2) is 39.6 Å². The summed E-state index contributed by atoms with van der Waals surface area (Å²) in [7, 11) is 0. The van der Waals surface area contributed by atoms with Gasteiger partial charge in [-0.1, -0.05) is 0 Å². The van der Waals surface area contributed by atoms with Crippen LogP contribution >= 0.6 is 11.8 Å². The number of rotatable bonds is 4. The molecule has 0 bridgehead atoms. The molecule has 0 saturated heterocycles. The fraction of sp³-hybridized carbons (Fsp3) is 0.154. The number of hydrogen-bond donors (Lipinski definition) is 2. The lowest BCUT2D eigenvalue weighted by molar-refractivity contribution is 0.0952. The third-order valence-corrected chi connectivity index (χ3v) is 3.57. The number of hydrogen-bond acceptors (Lipinski definition) is 4. The summed E-state index contributed by atoms with van der Waals surface area (Å²) < 4.78 is 18.2. The molecule has 0 aliphatic heterocycles. The first-order valence-corrected chi connectivity index (χ1v) is 6.57. The van der Waals surface area contributed by atoms with Gasteiger partial charge < -0.3 is 4.42 Å². The Morgan fingerprint density at radius 2 is 2.11 bits per heavy atom. The number of hydrazine groups is 1. The number of nitrogens with one attached hydrogen (secondary N) is 1. The lowest BCUT2D eigenvalue weighted by Gasteiger charge is -1.98. The highest BCUT2D eigenvalue weighted by atomic mass is 32.2. The van der Waals surface area contributed by atoms with E-state index in [1.54, 1.807) is 25.1 Å². The Morgan fingerprint density at radius 1 is 1.42 bits per heavy atom. The predicted molar refractivity (Wildman–Crippen MR) is 71.1 cm³/mol. The molecule has 4 nitrogen and oxygen atoms in total. The van der Waals surface area contributed by atoms with Crippen molar-refractivity contribution < 1.29 is 13.6 Å². The molecule has 0 radical (unpaired) electrons. The number of thioether (sulfide) groups is 1. The molecule has 2 aromatic rings. The van der Waals surface area contributed by atoms with Crippen LogP contribution in [-0.2, 0) is 5.75 Å². The molecule has 100 valence electrons. The minimum Gasteiger partial charge on any atom is -0.465 e. The van der Waals surface area contributed by atoms with Crippen molar-refractivity contribution in [2.24, 2.45) is 5.84 Å². The van der Waals surface area contributed by atoms with Gasteiger partial charge in [0.05, 0.1) is 11.3 Å². The summed E-state index contributed by atoms with van der Waals surface area (Å²) in [6.45, 7) is 1.70. The van der Waals surface area contributed by atoms with Gasteiger partial charge in [0.15, 0.2) is 0 Å². The van der Waals surface area contributed by atoms with Gasteiger partial charge in [-0.15, -0.1) is 11.8 Å². The zero-order valence-electron chi connectivity index (χ0n) is 10.3. The molecule has 6 heteroatoms. The van der Waals surface area contributed by atoms with Gasteiger partial charge in [-0.05, 0) is 37.3 Å². The lowest BCUT2D eigenvalue weighted by atomic mass is 10.2. The highest BCUT2D eigenvalue weighted by Crippen LogP contribution is 2.25. The highest BCUT2D eigenvalue weighted by Gasteiger charge is 2.13. The molecule has 0 unspecified atom stereocenters. The third-order valence-electron chi connectivity index (χ3n) is 2.54. The maximum absolute atomic E-state index is 12.7. The first-order valence-electron chi connectivity index (χ1n) is 5.59. The molecule has 0 spiro atoms. The van der Waals surface area contributed by atoms with E-state index in [2.05, 4.69) is 5.43 Å². The Bertz CT molecular complexity index is 581. The fourth-order valence-electron chi connectivity index (χ4n) is 1.60. The molecule has 2 rings (SSSR count). The number of amides is 1. The van der Waals surface area contributed by atoms with E-state index in [9.17, 15) is 9.18 Å². The summed E-state index contributed by atoms with van der Waals surface area (Å²) >= 11 is 1.50. The number of carbonyl (C=O) groups is 1. The average Bonchev–Trinajstić information content (AvgIpc) is 2.78. The molecule has 0 aliphatic carbocycles. The van der Waals surface area contributed by atoms with E-state index in [0.29, 0.717) is 22.8 Å².